The summed E-state index contributed by atoms with van der Waals surface area (Å²) in [6.07, 6.45) is 6.20. The van der Waals surface area contributed by atoms with E-state index in [-0.39, 0.29) is 11.9 Å². The largest absolute Gasteiger partial charge is 0.356 e. The van der Waals surface area contributed by atoms with Crippen LogP contribution in [-0.2, 0) is 0 Å². The number of fused-ring (bicyclic) bond motifs is 1. The molecule has 0 radical (unpaired) electrons. The summed E-state index contributed by atoms with van der Waals surface area (Å²) in [4.78, 5) is 22.2. The third kappa shape index (κ3) is 3.34. The van der Waals surface area contributed by atoms with E-state index in [9.17, 15) is 4.79 Å². The van der Waals surface area contributed by atoms with Crippen molar-refractivity contribution in [3.63, 3.8) is 0 Å². The van der Waals surface area contributed by atoms with Gasteiger partial charge < -0.3 is 14.3 Å². The first-order chi connectivity index (χ1) is 14.5. The Morgan fingerprint density at radius 3 is 2.77 bits per heavy atom. The lowest BCUT2D eigenvalue weighted by Gasteiger charge is -2.33. The van der Waals surface area contributed by atoms with Crippen molar-refractivity contribution >= 4 is 17.4 Å². The highest BCUT2D eigenvalue weighted by atomic mass is 16.5. The molecule has 0 saturated carbocycles. The van der Waals surface area contributed by atoms with Crippen LogP contribution in [-0.4, -0.2) is 50.2 Å². The number of piperidine rings is 1. The molecule has 2 saturated heterocycles. The van der Waals surface area contributed by atoms with Gasteiger partial charge in [0.15, 0.2) is 5.65 Å². The first kappa shape index (κ1) is 19.1. The van der Waals surface area contributed by atoms with Crippen molar-refractivity contribution in [2.75, 3.05) is 24.5 Å². The van der Waals surface area contributed by atoms with Crippen molar-refractivity contribution in [2.24, 2.45) is 5.92 Å². The van der Waals surface area contributed by atoms with Crippen LogP contribution in [0.4, 0.5) is 5.82 Å². The van der Waals surface area contributed by atoms with Gasteiger partial charge in [-0.15, -0.1) is 0 Å². The van der Waals surface area contributed by atoms with Crippen molar-refractivity contribution in [3.05, 3.63) is 41.0 Å². The number of carbonyl (C=O) groups is 1. The molecule has 0 aromatic carbocycles. The number of carbonyl (C=O) groups excluding carboxylic acids is 1. The van der Waals surface area contributed by atoms with Crippen LogP contribution >= 0.6 is 0 Å². The number of likely N-dealkylation sites (tertiary alicyclic amines) is 1. The average Bonchev–Trinajstić information content (AvgIpc) is 3.46. The second-order valence-electron chi connectivity index (χ2n) is 8.80. The van der Waals surface area contributed by atoms with Crippen molar-refractivity contribution in [1.29, 1.82) is 0 Å². The zero-order valence-corrected chi connectivity index (χ0v) is 17.8. The number of aryl methyl sites for hydroxylation is 2. The number of anilines is 1. The summed E-state index contributed by atoms with van der Waals surface area (Å²) in [5.41, 5.74) is 3.56. The molecule has 5 rings (SSSR count). The Morgan fingerprint density at radius 1 is 1.17 bits per heavy atom. The number of nitrogens with zero attached hydrogens (tertiary/aromatic N) is 6. The molecule has 3 aromatic rings. The van der Waals surface area contributed by atoms with E-state index in [0.29, 0.717) is 23.9 Å². The molecule has 8 nitrogen and oxygen atoms in total. The Morgan fingerprint density at radius 2 is 2.03 bits per heavy atom. The summed E-state index contributed by atoms with van der Waals surface area (Å²) in [6, 6.07) is 3.66. The fraction of sp³-hybridized carbons (Fsp3) is 0.545. The SMILES string of the molecule is Cc1cc(C(=O)N2CCCC[C@H]2c2cc3nc(N4CC[C@H](C)C4)c(C)cn3n2)on1. The third-order valence-corrected chi connectivity index (χ3v) is 6.29. The average molecular weight is 409 g/mol. The van der Waals surface area contributed by atoms with Crippen LogP contribution in [0.2, 0.25) is 0 Å². The number of aromatic nitrogens is 4. The Labute approximate surface area is 175 Å². The summed E-state index contributed by atoms with van der Waals surface area (Å²) in [5, 5.41) is 8.68. The molecule has 0 unspecified atom stereocenters. The maximum Gasteiger partial charge on any atom is 0.293 e. The Kier molecular flexibility index (Phi) is 4.72. The summed E-state index contributed by atoms with van der Waals surface area (Å²) in [6.45, 7) is 8.99. The van der Waals surface area contributed by atoms with E-state index >= 15 is 0 Å². The van der Waals surface area contributed by atoms with E-state index in [2.05, 4.69) is 30.1 Å². The van der Waals surface area contributed by atoms with Gasteiger partial charge in [-0.05, 0) is 45.4 Å². The molecule has 30 heavy (non-hydrogen) atoms. The molecular formula is C22H28N6O2. The first-order valence-corrected chi connectivity index (χ1v) is 10.9. The highest BCUT2D eigenvalue weighted by Gasteiger charge is 2.32. The standard InChI is InChI=1S/C22H28N6O2/c1-14-7-9-26(12-14)21-15(2)13-28-20(23-21)11-17(24-28)18-6-4-5-8-27(18)22(29)19-10-16(3)25-30-19/h10-11,13-14,18H,4-9,12H2,1-3H3/t14-,18-/m0/s1. The summed E-state index contributed by atoms with van der Waals surface area (Å²) < 4.78 is 7.09. The lowest BCUT2D eigenvalue weighted by atomic mass is 9.99. The van der Waals surface area contributed by atoms with Crippen LogP contribution in [0.25, 0.3) is 5.65 Å². The molecule has 3 aromatic heterocycles. The van der Waals surface area contributed by atoms with Gasteiger partial charge in [-0.2, -0.15) is 5.10 Å². The van der Waals surface area contributed by atoms with Crippen LogP contribution < -0.4 is 4.90 Å². The summed E-state index contributed by atoms with van der Waals surface area (Å²) in [7, 11) is 0. The molecule has 0 aliphatic carbocycles. The molecule has 0 bridgehead atoms. The molecule has 158 valence electrons. The molecule has 2 aliphatic rings. The molecule has 0 N–H and O–H groups in total. The van der Waals surface area contributed by atoms with E-state index in [1.165, 1.54) is 6.42 Å². The predicted molar refractivity (Wildman–Crippen MR) is 113 cm³/mol. The molecule has 2 fully saturated rings. The minimum absolute atomic E-state index is 0.0751. The maximum absolute atomic E-state index is 13.1. The van der Waals surface area contributed by atoms with Crippen LogP contribution in [0.15, 0.2) is 22.9 Å². The number of hydrogen-bond acceptors (Lipinski definition) is 6. The van der Waals surface area contributed by atoms with Gasteiger partial charge in [0.2, 0.25) is 5.76 Å². The van der Waals surface area contributed by atoms with Gasteiger partial charge in [0, 0.05) is 43.5 Å². The predicted octanol–water partition coefficient (Wildman–Crippen LogP) is 3.55. The highest BCUT2D eigenvalue weighted by Crippen LogP contribution is 2.33. The molecule has 8 heteroatoms. The second-order valence-corrected chi connectivity index (χ2v) is 8.80. The van der Waals surface area contributed by atoms with Gasteiger partial charge in [0.05, 0.1) is 17.4 Å². The molecule has 1 amide bonds. The van der Waals surface area contributed by atoms with E-state index in [1.54, 1.807) is 6.07 Å². The van der Waals surface area contributed by atoms with Crippen molar-refractivity contribution in [1.82, 2.24) is 24.7 Å². The number of rotatable bonds is 3. The minimum Gasteiger partial charge on any atom is -0.356 e. The third-order valence-electron chi connectivity index (χ3n) is 6.29. The van der Waals surface area contributed by atoms with Crippen molar-refractivity contribution in [2.45, 2.75) is 52.5 Å². The molecular weight excluding hydrogens is 380 g/mol. The number of hydrogen-bond donors (Lipinski definition) is 0. The lowest BCUT2D eigenvalue weighted by Crippen LogP contribution is -2.38. The summed E-state index contributed by atoms with van der Waals surface area (Å²) >= 11 is 0. The normalized spacial score (nSPS) is 22.2. The number of amides is 1. The van der Waals surface area contributed by atoms with Gasteiger partial charge in [0.1, 0.15) is 5.82 Å². The van der Waals surface area contributed by atoms with Crippen LogP contribution in [0.1, 0.15) is 66.2 Å². The van der Waals surface area contributed by atoms with E-state index in [4.69, 9.17) is 14.6 Å². The Hall–Kier alpha value is -2.90. The molecule has 2 atom stereocenters. The fourth-order valence-electron chi connectivity index (χ4n) is 4.72. The highest BCUT2D eigenvalue weighted by molar-refractivity contribution is 5.91. The second kappa shape index (κ2) is 7.41. The van der Waals surface area contributed by atoms with E-state index in [1.807, 2.05) is 22.4 Å². The first-order valence-electron chi connectivity index (χ1n) is 10.9. The molecule has 5 heterocycles. The summed E-state index contributed by atoms with van der Waals surface area (Å²) in [5.74, 6) is 1.92. The molecule has 2 aliphatic heterocycles. The maximum atomic E-state index is 13.1. The quantitative estimate of drug-likeness (QED) is 0.659. The zero-order chi connectivity index (χ0) is 20.8. The van der Waals surface area contributed by atoms with Gasteiger partial charge >= 0.3 is 0 Å². The Bertz CT molecular complexity index is 1090. The van der Waals surface area contributed by atoms with Gasteiger partial charge in [-0.3, -0.25) is 4.79 Å². The fourth-order valence-corrected chi connectivity index (χ4v) is 4.72. The van der Waals surface area contributed by atoms with E-state index in [0.717, 1.165) is 55.1 Å². The monoisotopic (exact) mass is 408 g/mol. The van der Waals surface area contributed by atoms with Crippen LogP contribution in [0.5, 0.6) is 0 Å². The minimum atomic E-state index is -0.117. The topological polar surface area (TPSA) is 79.8 Å². The van der Waals surface area contributed by atoms with Crippen molar-refractivity contribution < 1.29 is 9.32 Å². The van der Waals surface area contributed by atoms with Crippen molar-refractivity contribution in [3.8, 4) is 0 Å². The van der Waals surface area contributed by atoms with E-state index < -0.39 is 0 Å². The lowest BCUT2D eigenvalue weighted by molar-refractivity contribution is 0.0563. The Balaban J connectivity index is 1.47. The van der Waals surface area contributed by atoms with Gasteiger partial charge in [-0.1, -0.05) is 12.1 Å². The smallest absolute Gasteiger partial charge is 0.293 e. The zero-order valence-electron chi connectivity index (χ0n) is 17.8. The van der Waals surface area contributed by atoms with Crippen LogP contribution in [0.3, 0.4) is 0 Å². The van der Waals surface area contributed by atoms with Gasteiger partial charge in [-0.25, -0.2) is 9.50 Å². The van der Waals surface area contributed by atoms with Crippen LogP contribution in [0, 0.1) is 19.8 Å². The van der Waals surface area contributed by atoms with Gasteiger partial charge in [0.25, 0.3) is 5.91 Å². The molecule has 0 spiro atoms.